The number of rotatable bonds is 4. The van der Waals surface area contributed by atoms with Crippen molar-refractivity contribution in [2.45, 2.75) is 31.9 Å². The van der Waals surface area contributed by atoms with Gasteiger partial charge in [0.1, 0.15) is 5.60 Å². The third kappa shape index (κ3) is 3.63. The van der Waals surface area contributed by atoms with Gasteiger partial charge in [-0.1, -0.05) is 42.5 Å². The van der Waals surface area contributed by atoms with Crippen LogP contribution < -0.4 is 5.73 Å². The molecule has 1 unspecified atom stereocenters. The number of carbonyl (C=O) groups excluding carboxylic acids is 1. The standard InChI is InChI=1S/C19H21NO4/c1-18(2,3)24-17(23)19(20,14-7-5-4-6-8-14)15-11-9-13(10-12-15)16(21)22/h4-12H,20H2,1-3H3,(H,21,22). The second-order valence-corrected chi connectivity index (χ2v) is 6.56. The van der Waals surface area contributed by atoms with E-state index in [1.165, 1.54) is 12.1 Å². The maximum Gasteiger partial charge on any atom is 0.336 e. The van der Waals surface area contributed by atoms with E-state index in [4.69, 9.17) is 15.6 Å². The van der Waals surface area contributed by atoms with Crippen molar-refractivity contribution in [2.24, 2.45) is 5.73 Å². The minimum absolute atomic E-state index is 0.123. The lowest BCUT2D eigenvalue weighted by Gasteiger charge is -2.32. The zero-order chi connectivity index (χ0) is 18.0. The van der Waals surface area contributed by atoms with Gasteiger partial charge in [-0.05, 0) is 44.0 Å². The molecular weight excluding hydrogens is 306 g/mol. The summed E-state index contributed by atoms with van der Waals surface area (Å²) in [6.07, 6.45) is 0. The van der Waals surface area contributed by atoms with Crippen molar-refractivity contribution in [3.8, 4) is 0 Å². The Bertz CT molecular complexity index is 732. The maximum absolute atomic E-state index is 12.8. The van der Waals surface area contributed by atoms with Gasteiger partial charge >= 0.3 is 11.9 Å². The number of carbonyl (C=O) groups is 2. The quantitative estimate of drug-likeness (QED) is 0.843. The summed E-state index contributed by atoms with van der Waals surface area (Å²) in [7, 11) is 0. The Hall–Kier alpha value is -2.66. The van der Waals surface area contributed by atoms with Gasteiger partial charge in [-0.15, -0.1) is 0 Å². The minimum Gasteiger partial charge on any atom is -0.478 e. The van der Waals surface area contributed by atoms with Gasteiger partial charge in [-0.25, -0.2) is 9.59 Å². The van der Waals surface area contributed by atoms with Crippen molar-refractivity contribution >= 4 is 11.9 Å². The van der Waals surface area contributed by atoms with Crippen LogP contribution in [0.5, 0.6) is 0 Å². The molecule has 0 fully saturated rings. The summed E-state index contributed by atoms with van der Waals surface area (Å²) in [5, 5.41) is 9.03. The summed E-state index contributed by atoms with van der Waals surface area (Å²) in [6, 6.07) is 14.8. The summed E-state index contributed by atoms with van der Waals surface area (Å²) in [5.74, 6) is -1.63. The van der Waals surface area contributed by atoms with Crippen molar-refractivity contribution in [1.29, 1.82) is 0 Å². The van der Waals surface area contributed by atoms with Crippen LogP contribution in [0.3, 0.4) is 0 Å². The van der Waals surface area contributed by atoms with Crippen molar-refractivity contribution in [3.63, 3.8) is 0 Å². The Kier molecular flexibility index (Phi) is 4.76. The first-order chi connectivity index (χ1) is 11.1. The molecule has 24 heavy (non-hydrogen) atoms. The van der Waals surface area contributed by atoms with E-state index in [0.29, 0.717) is 11.1 Å². The van der Waals surface area contributed by atoms with Crippen LogP contribution in [0.15, 0.2) is 54.6 Å². The van der Waals surface area contributed by atoms with Crippen LogP contribution in [0, 0.1) is 0 Å². The highest BCUT2D eigenvalue weighted by Crippen LogP contribution is 2.30. The Balaban J connectivity index is 2.54. The number of ether oxygens (including phenoxy) is 1. The minimum atomic E-state index is -1.52. The molecule has 0 heterocycles. The molecule has 5 heteroatoms. The predicted octanol–water partition coefficient (Wildman–Crippen LogP) is 2.93. The van der Waals surface area contributed by atoms with Crippen LogP contribution in [0.25, 0.3) is 0 Å². The Labute approximate surface area is 141 Å². The van der Waals surface area contributed by atoms with Gasteiger partial charge in [0.25, 0.3) is 0 Å². The largest absolute Gasteiger partial charge is 0.478 e. The fourth-order valence-corrected chi connectivity index (χ4v) is 2.34. The molecule has 0 saturated carbocycles. The second kappa shape index (κ2) is 6.45. The lowest BCUT2D eigenvalue weighted by Crippen LogP contribution is -2.49. The lowest BCUT2D eigenvalue weighted by atomic mass is 9.83. The third-order valence-electron chi connectivity index (χ3n) is 3.54. The number of carboxylic acid groups (broad SMARTS) is 1. The summed E-state index contributed by atoms with van der Waals surface area (Å²) >= 11 is 0. The first kappa shape index (κ1) is 17.7. The van der Waals surface area contributed by atoms with E-state index < -0.39 is 23.1 Å². The van der Waals surface area contributed by atoms with Crippen molar-refractivity contribution in [3.05, 3.63) is 71.3 Å². The molecule has 0 aliphatic carbocycles. The van der Waals surface area contributed by atoms with Crippen LogP contribution >= 0.6 is 0 Å². The number of nitrogens with two attached hydrogens (primary N) is 1. The van der Waals surface area contributed by atoms with Gasteiger partial charge in [-0.2, -0.15) is 0 Å². The molecule has 0 aliphatic rings. The van der Waals surface area contributed by atoms with Crippen LogP contribution in [-0.2, 0) is 15.1 Å². The Morgan fingerprint density at radius 1 is 0.917 bits per heavy atom. The van der Waals surface area contributed by atoms with Gasteiger partial charge in [0.15, 0.2) is 5.54 Å². The first-order valence-electron chi connectivity index (χ1n) is 7.56. The van der Waals surface area contributed by atoms with Gasteiger partial charge in [0.2, 0.25) is 0 Å². The third-order valence-corrected chi connectivity index (χ3v) is 3.54. The molecule has 0 amide bonds. The van der Waals surface area contributed by atoms with Crippen molar-refractivity contribution in [1.82, 2.24) is 0 Å². The highest BCUT2D eigenvalue weighted by atomic mass is 16.6. The summed E-state index contributed by atoms with van der Waals surface area (Å²) in [5.41, 5.74) is 5.44. The molecule has 1 atom stereocenters. The zero-order valence-corrected chi connectivity index (χ0v) is 13.9. The molecule has 0 bridgehead atoms. The monoisotopic (exact) mass is 327 g/mol. The highest BCUT2D eigenvalue weighted by Gasteiger charge is 2.41. The molecule has 2 aromatic carbocycles. The van der Waals surface area contributed by atoms with E-state index >= 15 is 0 Å². The van der Waals surface area contributed by atoms with E-state index in [-0.39, 0.29) is 5.56 Å². The maximum atomic E-state index is 12.8. The number of carboxylic acids is 1. The number of hydrogen-bond donors (Lipinski definition) is 2. The van der Waals surface area contributed by atoms with E-state index in [2.05, 4.69) is 0 Å². The van der Waals surface area contributed by atoms with Crippen LogP contribution in [-0.4, -0.2) is 22.6 Å². The highest BCUT2D eigenvalue weighted by molar-refractivity contribution is 5.89. The number of aromatic carboxylic acids is 1. The Morgan fingerprint density at radius 3 is 1.88 bits per heavy atom. The van der Waals surface area contributed by atoms with Gasteiger partial charge in [0, 0.05) is 0 Å². The molecule has 5 nitrogen and oxygen atoms in total. The van der Waals surface area contributed by atoms with Gasteiger partial charge in [0.05, 0.1) is 5.56 Å². The molecule has 2 rings (SSSR count). The Morgan fingerprint density at radius 2 is 1.42 bits per heavy atom. The van der Waals surface area contributed by atoms with E-state index in [1.54, 1.807) is 57.2 Å². The van der Waals surface area contributed by atoms with Crippen molar-refractivity contribution < 1.29 is 19.4 Å². The SMILES string of the molecule is CC(C)(C)OC(=O)C(N)(c1ccccc1)c1ccc(C(=O)O)cc1. The van der Waals surface area contributed by atoms with Crippen LogP contribution in [0.4, 0.5) is 0 Å². The average Bonchev–Trinajstić information content (AvgIpc) is 2.53. The summed E-state index contributed by atoms with van der Waals surface area (Å²) in [6.45, 7) is 5.30. The molecule has 0 radical (unpaired) electrons. The fraction of sp³-hybridized carbons (Fsp3) is 0.263. The number of hydrogen-bond acceptors (Lipinski definition) is 4. The molecule has 0 spiro atoms. The normalized spacial score (nSPS) is 13.8. The molecule has 2 aromatic rings. The number of benzene rings is 2. The van der Waals surface area contributed by atoms with E-state index in [1.807, 2.05) is 6.07 Å². The molecular formula is C19H21NO4. The van der Waals surface area contributed by atoms with E-state index in [9.17, 15) is 9.59 Å². The first-order valence-corrected chi connectivity index (χ1v) is 7.56. The average molecular weight is 327 g/mol. The summed E-state index contributed by atoms with van der Waals surface area (Å²) < 4.78 is 5.51. The van der Waals surface area contributed by atoms with Gasteiger partial charge in [-0.3, -0.25) is 0 Å². The second-order valence-electron chi connectivity index (χ2n) is 6.56. The van der Waals surface area contributed by atoms with Crippen LogP contribution in [0.1, 0.15) is 42.3 Å². The van der Waals surface area contributed by atoms with Crippen molar-refractivity contribution in [2.75, 3.05) is 0 Å². The fourth-order valence-electron chi connectivity index (χ4n) is 2.34. The van der Waals surface area contributed by atoms with Gasteiger partial charge < -0.3 is 15.6 Å². The van der Waals surface area contributed by atoms with E-state index in [0.717, 1.165) is 0 Å². The molecule has 126 valence electrons. The molecule has 3 N–H and O–H groups in total. The molecule has 0 aliphatic heterocycles. The zero-order valence-electron chi connectivity index (χ0n) is 13.9. The predicted molar refractivity (Wildman–Crippen MR) is 90.7 cm³/mol. The van der Waals surface area contributed by atoms with Crippen LogP contribution in [0.2, 0.25) is 0 Å². The smallest absolute Gasteiger partial charge is 0.336 e. The summed E-state index contributed by atoms with van der Waals surface area (Å²) in [4.78, 5) is 23.9. The molecule has 0 aromatic heterocycles. The topological polar surface area (TPSA) is 89.6 Å². The molecule has 0 saturated heterocycles. The number of esters is 1. The lowest BCUT2D eigenvalue weighted by molar-refractivity contribution is -0.160.